The first-order chi connectivity index (χ1) is 12.9. The van der Waals surface area contributed by atoms with Crippen LogP contribution in [0.25, 0.3) is 16.8 Å². The van der Waals surface area contributed by atoms with Gasteiger partial charge in [0.25, 0.3) is 0 Å². The monoisotopic (exact) mass is 343 g/mol. The van der Waals surface area contributed by atoms with Crippen LogP contribution < -0.4 is 4.74 Å². The first-order valence-corrected chi connectivity index (χ1v) is 9.23. The molecule has 2 aromatic heterocycles. The number of ether oxygens (including phenoxy) is 1. The van der Waals surface area contributed by atoms with Crippen molar-refractivity contribution in [2.45, 2.75) is 32.4 Å². The molecule has 0 bridgehead atoms. The maximum Gasteiger partial charge on any atom is 0.169 e. The van der Waals surface area contributed by atoms with Gasteiger partial charge in [0.05, 0.1) is 0 Å². The molecule has 0 saturated carbocycles. The van der Waals surface area contributed by atoms with E-state index in [2.05, 4.69) is 41.1 Å². The Hall–Kier alpha value is -3.01. The number of para-hydroxylation sites is 1. The van der Waals surface area contributed by atoms with Gasteiger partial charge in [0.1, 0.15) is 18.0 Å². The first kappa shape index (κ1) is 15.3. The third-order valence-corrected chi connectivity index (χ3v) is 5.11. The summed E-state index contributed by atoms with van der Waals surface area (Å²) in [6, 6.07) is 20.6. The molecule has 0 aliphatic carbocycles. The van der Waals surface area contributed by atoms with Crippen LogP contribution in [0.3, 0.4) is 0 Å². The number of hydrogen-bond donors (Lipinski definition) is 0. The van der Waals surface area contributed by atoms with Crippen LogP contribution in [-0.4, -0.2) is 14.2 Å². The highest BCUT2D eigenvalue weighted by molar-refractivity contribution is 5.75. The standard InChI is InChI=1S/C22H21N3O/c1-3-9-17(10-4-1)20-15-25-22-19(20)13-7-8-14-24(22)21(23-25)16-26-18-11-5-2-6-12-18/h1-6,9-12,15H,7-8,13-14,16H2. The SMILES string of the molecule is c1ccc(OCc2nn3cc(-c4ccccc4)c4c3n2CCCC4)cc1. The van der Waals surface area contributed by atoms with Crippen molar-refractivity contribution >= 4 is 5.65 Å². The molecule has 1 aliphatic rings. The lowest BCUT2D eigenvalue weighted by Crippen LogP contribution is -2.07. The largest absolute Gasteiger partial charge is 0.486 e. The van der Waals surface area contributed by atoms with Crippen molar-refractivity contribution in [3.05, 3.63) is 78.2 Å². The highest BCUT2D eigenvalue weighted by Crippen LogP contribution is 2.32. The second-order valence-corrected chi connectivity index (χ2v) is 6.78. The van der Waals surface area contributed by atoms with E-state index in [9.17, 15) is 0 Å². The van der Waals surface area contributed by atoms with Gasteiger partial charge in [-0.25, -0.2) is 4.52 Å². The molecule has 2 aromatic carbocycles. The summed E-state index contributed by atoms with van der Waals surface area (Å²) in [4.78, 5) is 0. The number of aryl methyl sites for hydroxylation is 2. The van der Waals surface area contributed by atoms with Crippen LogP contribution in [0.5, 0.6) is 5.75 Å². The first-order valence-electron chi connectivity index (χ1n) is 9.23. The number of nitrogens with zero attached hydrogens (tertiary/aromatic N) is 3. The quantitative estimate of drug-likeness (QED) is 0.537. The van der Waals surface area contributed by atoms with E-state index >= 15 is 0 Å². The molecule has 0 fully saturated rings. The van der Waals surface area contributed by atoms with Crippen LogP contribution in [0.1, 0.15) is 24.2 Å². The minimum Gasteiger partial charge on any atom is -0.486 e. The van der Waals surface area contributed by atoms with E-state index in [1.54, 1.807) is 0 Å². The molecule has 0 atom stereocenters. The lowest BCUT2D eigenvalue weighted by atomic mass is 10.0. The summed E-state index contributed by atoms with van der Waals surface area (Å²) in [6.45, 7) is 1.49. The Morgan fingerprint density at radius 3 is 2.50 bits per heavy atom. The van der Waals surface area contributed by atoms with Crippen LogP contribution in [-0.2, 0) is 19.6 Å². The molecule has 5 rings (SSSR count). The molecule has 0 amide bonds. The van der Waals surface area contributed by atoms with E-state index in [1.807, 2.05) is 34.8 Å². The van der Waals surface area contributed by atoms with Gasteiger partial charge in [0.2, 0.25) is 0 Å². The van der Waals surface area contributed by atoms with Crippen molar-refractivity contribution in [3.8, 4) is 16.9 Å². The summed E-state index contributed by atoms with van der Waals surface area (Å²) in [5, 5.41) is 4.84. The van der Waals surface area contributed by atoms with E-state index in [1.165, 1.54) is 35.2 Å². The Kier molecular flexibility index (Phi) is 3.74. The molecule has 0 spiro atoms. The summed E-state index contributed by atoms with van der Waals surface area (Å²) in [7, 11) is 0. The molecule has 0 N–H and O–H groups in total. The Morgan fingerprint density at radius 1 is 0.923 bits per heavy atom. The van der Waals surface area contributed by atoms with Crippen LogP contribution in [0, 0.1) is 0 Å². The summed E-state index contributed by atoms with van der Waals surface area (Å²) in [5.41, 5.74) is 5.21. The summed E-state index contributed by atoms with van der Waals surface area (Å²) in [5.74, 6) is 1.87. The maximum atomic E-state index is 5.96. The zero-order valence-electron chi connectivity index (χ0n) is 14.6. The molecule has 26 heavy (non-hydrogen) atoms. The van der Waals surface area contributed by atoms with E-state index in [-0.39, 0.29) is 0 Å². The van der Waals surface area contributed by atoms with E-state index in [4.69, 9.17) is 9.84 Å². The zero-order chi connectivity index (χ0) is 17.3. The van der Waals surface area contributed by atoms with Crippen molar-refractivity contribution in [3.63, 3.8) is 0 Å². The minimum atomic E-state index is 0.492. The number of aromatic nitrogens is 3. The Balaban J connectivity index is 1.55. The third-order valence-electron chi connectivity index (χ3n) is 5.11. The summed E-state index contributed by atoms with van der Waals surface area (Å²) < 4.78 is 10.3. The van der Waals surface area contributed by atoms with Gasteiger partial charge in [-0.3, -0.25) is 0 Å². The Labute approximate surface area is 152 Å². The van der Waals surface area contributed by atoms with Crippen molar-refractivity contribution in [1.29, 1.82) is 0 Å². The van der Waals surface area contributed by atoms with Gasteiger partial charge in [-0.05, 0) is 37.0 Å². The lowest BCUT2D eigenvalue weighted by Gasteiger charge is -2.08. The van der Waals surface area contributed by atoms with E-state index < -0.39 is 0 Å². The smallest absolute Gasteiger partial charge is 0.169 e. The van der Waals surface area contributed by atoms with Gasteiger partial charge in [-0.1, -0.05) is 48.5 Å². The van der Waals surface area contributed by atoms with Gasteiger partial charge < -0.3 is 9.30 Å². The van der Waals surface area contributed by atoms with Crippen LogP contribution in [0.15, 0.2) is 66.9 Å². The fraction of sp³-hybridized carbons (Fsp3) is 0.227. The molecule has 0 saturated heterocycles. The third kappa shape index (κ3) is 2.58. The van der Waals surface area contributed by atoms with Gasteiger partial charge in [-0.15, -0.1) is 5.10 Å². The highest BCUT2D eigenvalue weighted by atomic mass is 16.5. The lowest BCUT2D eigenvalue weighted by molar-refractivity contribution is 0.288. The van der Waals surface area contributed by atoms with E-state index in [0.29, 0.717) is 6.61 Å². The molecule has 4 nitrogen and oxygen atoms in total. The predicted molar refractivity (Wildman–Crippen MR) is 102 cm³/mol. The molecule has 4 heteroatoms. The van der Waals surface area contributed by atoms with Crippen LogP contribution >= 0.6 is 0 Å². The summed E-state index contributed by atoms with van der Waals surface area (Å²) >= 11 is 0. The fourth-order valence-electron chi connectivity index (χ4n) is 3.87. The average molecular weight is 343 g/mol. The van der Waals surface area contributed by atoms with Gasteiger partial charge in [0.15, 0.2) is 5.82 Å². The molecular weight excluding hydrogens is 322 g/mol. The molecule has 4 aromatic rings. The molecule has 130 valence electrons. The van der Waals surface area contributed by atoms with Gasteiger partial charge in [0, 0.05) is 23.9 Å². The molecule has 1 aliphatic heterocycles. The number of benzene rings is 2. The van der Waals surface area contributed by atoms with E-state index in [0.717, 1.165) is 24.5 Å². The van der Waals surface area contributed by atoms with Gasteiger partial charge in [-0.2, -0.15) is 0 Å². The second kappa shape index (κ2) is 6.37. The average Bonchev–Trinajstić information content (AvgIpc) is 3.11. The summed E-state index contributed by atoms with van der Waals surface area (Å²) in [6.07, 6.45) is 5.66. The maximum absolute atomic E-state index is 5.96. The Morgan fingerprint density at radius 2 is 1.69 bits per heavy atom. The second-order valence-electron chi connectivity index (χ2n) is 6.78. The molecule has 0 unspecified atom stereocenters. The molecule has 0 radical (unpaired) electrons. The normalized spacial score (nSPS) is 13.7. The number of hydrogen-bond acceptors (Lipinski definition) is 2. The van der Waals surface area contributed by atoms with Crippen molar-refractivity contribution in [1.82, 2.24) is 14.2 Å². The predicted octanol–water partition coefficient (Wildman–Crippen LogP) is 4.72. The minimum absolute atomic E-state index is 0.492. The molecular formula is C22H21N3O. The van der Waals surface area contributed by atoms with Crippen LogP contribution in [0.4, 0.5) is 0 Å². The Bertz CT molecular complexity index is 1030. The van der Waals surface area contributed by atoms with Crippen molar-refractivity contribution in [2.75, 3.05) is 0 Å². The topological polar surface area (TPSA) is 31.5 Å². The highest BCUT2D eigenvalue weighted by Gasteiger charge is 2.22. The fourth-order valence-corrected chi connectivity index (χ4v) is 3.87. The van der Waals surface area contributed by atoms with Crippen molar-refractivity contribution in [2.24, 2.45) is 0 Å². The van der Waals surface area contributed by atoms with Crippen LogP contribution in [0.2, 0.25) is 0 Å². The van der Waals surface area contributed by atoms with Crippen molar-refractivity contribution < 1.29 is 4.74 Å². The zero-order valence-corrected chi connectivity index (χ0v) is 14.6. The number of rotatable bonds is 4. The molecule has 3 heterocycles. The van der Waals surface area contributed by atoms with Gasteiger partial charge >= 0.3 is 0 Å².